The number of pyridine rings is 1. The Hall–Kier alpha value is -0.900. The van der Waals surface area contributed by atoms with E-state index in [4.69, 9.17) is 11.6 Å². The zero-order valence-electron chi connectivity index (χ0n) is 9.90. The van der Waals surface area contributed by atoms with Gasteiger partial charge in [-0.1, -0.05) is 24.6 Å². The highest BCUT2D eigenvalue weighted by atomic mass is 35.5. The van der Waals surface area contributed by atoms with Crippen LogP contribution < -0.4 is 5.32 Å². The van der Waals surface area contributed by atoms with Gasteiger partial charge in [-0.3, -0.25) is 4.98 Å². The molecule has 0 bridgehead atoms. The van der Waals surface area contributed by atoms with E-state index in [1.54, 1.807) is 11.3 Å². The Kier molecular flexibility index (Phi) is 4.15. The molecule has 0 aliphatic heterocycles. The zero-order chi connectivity index (χ0) is 12.3. The van der Waals surface area contributed by atoms with E-state index in [-0.39, 0.29) is 6.04 Å². The largest absolute Gasteiger partial charge is 0.306 e. The lowest BCUT2D eigenvalue weighted by Gasteiger charge is -2.17. The fourth-order valence-corrected chi connectivity index (χ4v) is 2.99. The van der Waals surface area contributed by atoms with E-state index in [1.807, 2.05) is 30.6 Å². The van der Waals surface area contributed by atoms with Crippen molar-refractivity contribution in [3.05, 3.63) is 50.9 Å². The number of aryl methyl sites for hydroxylation is 1. The highest BCUT2D eigenvalue weighted by Gasteiger charge is 2.17. The van der Waals surface area contributed by atoms with Crippen LogP contribution in [-0.2, 0) is 0 Å². The quantitative estimate of drug-likeness (QED) is 0.910. The third kappa shape index (κ3) is 2.86. The first-order chi connectivity index (χ1) is 8.22. The molecule has 2 rings (SSSR count). The van der Waals surface area contributed by atoms with Crippen LogP contribution in [-0.4, -0.2) is 11.5 Å². The van der Waals surface area contributed by atoms with Crippen molar-refractivity contribution in [3.63, 3.8) is 0 Å². The van der Waals surface area contributed by atoms with Crippen molar-refractivity contribution in [2.24, 2.45) is 0 Å². The first-order valence-corrected chi connectivity index (χ1v) is 6.87. The van der Waals surface area contributed by atoms with Crippen molar-refractivity contribution < 1.29 is 0 Å². The Bertz CT molecular complexity index is 478. The predicted molar refractivity (Wildman–Crippen MR) is 73.8 cm³/mol. The van der Waals surface area contributed by atoms with Crippen LogP contribution in [0.25, 0.3) is 0 Å². The second kappa shape index (κ2) is 5.63. The number of thiophene rings is 1. The summed E-state index contributed by atoms with van der Waals surface area (Å²) in [6.07, 6.45) is 1.92. The van der Waals surface area contributed by atoms with Crippen LogP contribution in [0, 0.1) is 6.92 Å². The summed E-state index contributed by atoms with van der Waals surface area (Å²) in [5.41, 5.74) is 2.18. The van der Waals surface area contributed by atoms with Crippen LogP contribution in [0.5, 0.6) is 0 Å². The van der Waals surface area contributed by atoms with E-state index in [1.165, 1.54) is 0 Å². The van der Waals surface area contributed by atoms with Gasteiger partial charge in [0.2, 0.25) is 0 Å². The molecule has 4 heteroatoms. The SMILES string of the molecule is CCNC(c1ccc(C)nc1)c1sccc1Cl. The minimum absolute atomic E-state index is 0.139. The molecule has 0 saturated carbocycles. The van der Waals surface area contributed by atoms with Crippen LogP contribution in [0.4, 0.5) is 0 Å². The van der Waals surface area contributed by atoms with Gasteiger partial charge >= 0.3 is 0 Å². The number of aromatic nitrogens is 1. The summed E-state index contributed by atoms with van der Waals surface area (Å²) in [7, 11) is 0. The third-order valence-electron chi connectivity index (χ3n) is 2.58. The average Bonchev–Trinajstić information content (AvgIpc) is 2.74. The molecule has 0 spiro atoms. The molecule has 1 N–H and O–H groups in total. The smallest absolute Gasteiger partial charge is 0.0701 e. The summed E-state index contributed by atoms with van der Waals surface area (Å²) in [4.78, 5) is 5.50. The lowest BCUT2D eigenvalue weighted by Crippen LogP contribution is -2.21. The molecule has 2 aromatic rings. The van der Waals surface area contributed by atoms with Crippen LogP contribution in [0.3, 0.4) is 0 Å². The van der Waals surface area contributed by atoms with Crippen LogP contribution in [0.2, 0.25) is 5.02 Å². The molecule has 1 atom stereocenters. The molecule has 17 heavy (non-hydrogen) atoms. The Morgan fingerprint density at radius 1 is 1.41 bits per heavy atom. The fraction of sp³-hybridized carbons (Fsp3) is 0.308. The molecular weight excluding hydrogens is 252 g/mol. The third-order valence-corrected chi connectivity index (χ3v) is 4.01. The molecule has 0 aliphatic carbocycles. The Morgan fingerprint density at radius 3 is 2.76 bits per heavy atom. The first kappa shape index (κ1) is 12.6. The molecule has 0 amide bonds. The van der Waals surface area contributed by atoms with Crippen molar-refractivity contribution in [2.75, 3.05) is 6.54 Å². The summed E-state index contributed by atoms with van der Waals surface area (Å²) < 4.78 is 0. The molecule has 0 aliphatic rings. The van der Waals surface area contributed by atoms with Gasteiger partial charge in [0.05, 0.1) is 11.1 Å². The van der Waals surface area contributed by atoms with E-state index in [0.717, 1.165) is 27.7 Å². The zero-order valence-corrected chi connectivity index (χ0v) is 11.5. The van der Waals surface area contributed by atoms with Gasteiger partial charge in [-0.2, -0.15) is 0 Å². The monoisotopic (exact) mass is 266 g/mol. The maximum atomic E-state index is 6.20. The van der Waals surface area contributed by atoms with Crippen LogP contribution in [0.15, 0.2) is 29.8 Å². The minimum Gasteiger partial charge on any atom is -0.306 e. The van der Waals surface area contributed by atoms with E-state index >= 15 is 0 Å². The van der Waals surface area contributed by atoms with Crippen LogP contribution in [0.1, 0.15) is 29.1 Å². The van der Waals surface area contributed by atoms with Gasteiger partial charge in [0, 0.05) is 16.8 Å². The standard InChI is InChI=1S/C13H15ClN2S/c1-3-15-12(13-11(14)6-7-17-13)10-5-4-9(2)16-8-10/h4-8,12,15H,3H2,1-2H3. The van der Waals surface area contributed by atoms with E-state index in [2.05, 4.69) is 23.3 Å². The van der Waals surface area contributed by atoms with Gasteiger partial charge in [0.15, 0.2) is 0 Å². The summed E-state index contributed by atoms with van der Waals surface area (Å²) >= 11 is 7.88. The molecule has 90 valence electrons. The maximum absolute atomic E-state index is 6.20. The van der Waals surface area contributed by atoms with Gasteiger partial charge < -0.3 is 5.32 Å². The lowest BCUT2D eigenvalue weighted by atomic mass is 10.1. The first-order valence-electron chi connectivity index (χ1n) is 5.61. The number of nitrogens with zero attached hydrogens (tertiary/aromatic N) is 1. The lowest BCUT2D eigenvalue weighted by molar-refractivity contribution is 0.637. The topological polar surface area (TPSA) is 24.9 Å². The van der Waals surface area contributed by atoms with Gasteiger partial charge in [-0.25, -0.2) is 0 Å². The molecular formula is C13H15ClN2S. The molecule has 2 nitrogen and oxygen atoms in total. The number of hydrogen-bond acceptors (Lipinski definition) is 3. The van der Waals surface area contributed by atoms with Gasteiger partial charge in [-0.05, 0) is 36.5 Å². The van der Waals surface area contributed by atoms with Crippen molar-refractivity contribution in [1.29, 1.82) is 0 Å². The Labute approximate surface area is 111 Å². The Balaban J connectivity index is 2.35. The number of rotatable bonds is 4. The normalized spacial score (nSPS) is 12.6. The number of hydrogen-bond donors (Lipinski definition) is 1. The summed E-state index contributed by atoms with van der Waals surface area (Å²) in [5.74, 6) is 0. The highest BCUT2D eigenvalue weighted by molar-refractivity contribution is 7.10. The number of nitrogens with one attached hydrogen (secondary N) is 1. The molecule has 0 saturated heterocycles. The van der Waals surface area contributed by atoms with Crippen LogP contribution >= 0.6 is 22.9 Å². The summed E-state index contributed by atoms with van der Waals surface area (Å²) in [6, 6.07) is 6.21. The minimum atomic E-state index is 0.139. The molecule has 0 fully saturated rings. The molecule has 2 heterocycles. The van der Waals surface area contributed by atoms with Crippen molar-refractivity contribution >= 4 is 22.9 Å². The Morgan fingerprint density at radius 2 is 2.24 bits per heavy atom. The van der Waals surface area contributed by atoms with E-state index in [9.17, 15) is 0 Å². The maximum Gasteiger partial charge on any atom is 0.0701 e. The second-order valence-electron chi connectivity index (χ2n) is 3.86. The predicted octanol–water partition coefficient (Wildman–Crippen LogP) is 3.80. The van der Waals surface area contributed by atoms with E-state index < -0.39 is 0 Å². The number of halogens is 1. The highest BCUT2D eigenvalue weighted by Crippen LogP contribution is 2.32. The molecule has 1 unspecified atom stereocenters. The second-order valence-corrected chi connectivity index (χ2v) is 5.21. The summed E-state index contributed by atoms with van der Waals surface area (Å²) in [5, 5.41) is 6.29. The molecule has 0 aromatic carbocycles. The van der Waals surface area contributed by atoms with E-state index in [0.29, 0.717) is 0 Å². The van der Waals surface area contributed by atoms with Crippen molar-refractivity contribution in [2.45, 2.75) is 19.9 Å². The molecule has 0 radical (unpaired) electrons. The van der Waals surface area contributed by atoms with Gasteiger partial charge in [-0.15, -0.1) is 11.3 Å². The average molecular weight is 267 g/mol. The fourth-order valence-electron chi connectivity index (χ4n) is 1.73. The molecule has 2 aromatic heterocycles. The van der Waals surface area contributed by atoms with Crippen molar-refractivity contribution in [3.8, 4) is 0 Å². The van der Waals surface area contributed by atoms with Gasteiger partial charge in [0.25, 0.3) is 0 Å². The van der Waals surface area contributed by atoms with Crippen molar-refractivity contribution in [1.82, 2.24) is 10.3 Å². The summed E-state index contributed by atoms with van der Waals surface area (Å²) in [6.45, 7) is 4.98. The van der Waals surface area contributed by atoms with Gasteiger partial charge in [0.1, 0.15) is 0 Å².